The molecule has 2 N–H and O–H groups in total. The molecule has 0 aliphatic rings. The highest BCUT2D eigenvalue weighted by molar-refractivity contribution is 5.78. The van der Waals surface area contributed by atoms with Crippen LogP contribution in [0.3, 0.4) is 0 Å². The number of amides is 1. The summed E-state index contributed by atoms with van der Waals surface area (Å²) in [5.41, 5.74) is 8.54. The Bertz CT molecular complexity index is 764. The number of aromatic nitrogens is 2. The third-order valence-corrected chi connectivity index (χ3v) is 4.01. The number of carbonyl (C=O) groups is 1. The van der Waals surface area contributed by atoms with Gasteiger partial charge < -0.3 is 15.0 Å². The van der Waals surface area contributed by atoms with Gasteiger partial charge in [-0.3, -0.25) is 4.79 Å². The van der Waals surface area contributed by atoms with Crippen LogP contribution in [0, 0.1) is 0 Å². The molecule has 0 fully saturated rings. The number of hydrogen-bond acceptors (Lipinski definition) is 3. The summed E-state index contributed by atoms with van der Waals surface area (Å²) in [4.78, 5) is 18.9. The first-order chi connectivity index (χ1) is 11.8. The van der Waals surface area contributed by atoms with E-state index in [0.29, 0.717) is 26.1 Å². The molecule has 0 saturated heterocycles. The third-order valence-electron chi connectivity index (χ3n) is 4.01. The molecule has 0 unspecified atom stereocenters. The molecule has 2 heterocycles. The maximum absolute atomic E-state index is 12.6. The van der Waals surface area contributed by atoms with Gasteiger partial charge in [-0.25, -0.2) is 4.98 Å². The molecule has 2 aromatic heterocycles. The van der Waals surface area contributed by atoms with E-state index in [1.54, 1.807) is 0 Å². The highest BCUT2D eigenvalue weighted by Crippen LogP contribution is 2.08. The topological polar surface area (TPSA) is 63.6 Å². The maximum Gasteiger partial charge on any atom is 0.228 e. The van der Waals surface area contributed by atoms with E-state index in [9.17, 15) is 4.79 Å². The quantitative estimate of drug-likeness (QED) is 0.723. The molecule has 0 bridgehead atoms. The summed E-state index contributed by atoms with van der Waals surface area (Å²) in [6.07, 6.45) is 4.97. The Morgan fingerprint density at radius 1 is 1.08 bits per heavy atom. The van der Waals surface area contributed by atoms with Gasteiger partial charge in [-0.2, -0.15) is 0 Å². The zero-order valence-electron chi connectivity index (χ0n) is 13.6. The predicted octanol–water partition coefficient (Wildman–Crippen LogP) is 1.91. The fourth-order valence-corrected chi connectivity index (χ4v) is 2.76. The number of hydrogen-bond donors (Lipinski definition) is 1. The van der Waals surface area contributed by atoms with Crippen LogP contribution in [0.4, 0.5) is 0 Å². The van der Waals surface area contributed by atoms with Crippen LogP contribution in [0.15, 0.2) is 60.9 Å². The Labute approximate surface area is 141 Å². The van der Waals surface area contributed by atoms with Crippen LogP contribution in [0.1, 0.15) is 11.3 Å². The molecule has 5 heteroatoms. The van der Waals surface area contributed by atoms with Crippen LogP contribution >= 0.6 is 0 Å². The molecule has 24 heavy (non-hydrogen) atoms. The molecule has 0 spiro atoms. The highest BCUT2D eigenvalue weighted by Gasteiger charge is 2.15. The summed E-state index contributed by atoms with van der Waals surface area (Å²) in [5.74, 6) is 0.0692. The Morgan fingerprint density at radius 3 is 2.62 bits per heavy atom. The molecule has 0 atom stereocenters. The van der Waals surface area contributed by atoms with Crippen LogP contribution in [-0.2, 0) is 17.6 Å². The highest BCUT2D eigenvalue weighted by atomic mass is 16.2. The lowest BCUT2D eigenvalue weighted by Crippen LogP contribution is -2.37. The molecule has 3 aromatic rings. The van der Waals surface area contributed by atoms with Crippen molar-refractivity contribution in [3.8, 4) is 0 Å². The molecule has 124 valence electrons. The number of fused-ring (bicyclic) bond motifs is 1. The van der Waals surface area contributed by atoms with Gasteiger partial charge in [0.25, 0.3) is 0 Å². The van der Waals surface area contributed by atoms with Crippen molar-refractivity contribution in [2.24, 2.45) is 5.73 Å². The van der Waals surface area contributed by atoms with E-state index < -0.39 is 0 Å². The smallest absolute Gasteiger partial charge is 0.228 e. The standard InChI is InChI=1S/C19H22N4O/c20-10-13-22(12-9-16-6-2-1-3-7-16)19(24)14-17-15-23-11-5-4-8-18(23)21-17/h1-8,11,15H,9-10,12-14,20H2. The summed E-state index contributed by atoms with van der Waals surface area (Å²) >= 11 is 0. The Morgan fingerprint density at radius 2 is 1.88 bits per heavy atom. The van der Waals surface area contributed by atoms with E-state index in [-0.39, 0.29) is 5.91 Å². The molecule has 0 aliphatic heterocycles. The van der Waals surface area contributed by atoms with E-state index in [1.807, 2.05) is 58.1 Å². The number of nitrogens with two attached hydrogens (primary N) is 1. The Balaban J connectivity index is 1.65. The number of nitrogens with zero attached hydrogens (tertiary/aromatic N) is 3. The van der Waals surface area contributed by atoms with Crippen LogP contribution in [0.5, 0.6) is 0 Å². The Hall–Kier alpha value is -2.66. The van der Waals surface area contributed by atoms with Gasteiger partial charge in [-0.15, -0.1) is 0 Å². The van der Waals surface area contributed by atoms with Gasteiger partial charge in [0, 0.05) is 32.0 Å². The molecule has 1 amide bonds. The first-order valence-corrected chi connectivity index (χ1v) is 8.20. The van der Waals surface area contributed by atoms with Crippen molar-refractivity contribution >= 4 is 11.6 Å². The molecule has 0 radical (unpaired) electrons. The number of carbonyl (C=O) groups excluding carboxylic acids is 1. The van der Waals surface area contributed by atoms with Gasteiger partial charge in [-0.1, -0.05) is 36.4 Å². The van der Waals surface area contributed by atoms with Gasteiger partial charge in [0.05, 0.1) is 12.1 Å². The van der Waals surface area contributed by atoms with Crippen LogP contribution < -0.4 is 5.73 Å². The van der Waals surface area contributed by atoms with E-state index in [2.05, 4.69) is 17.1 Å². The lowest BCUT2D eigenvalue weighted by molar-refractivity contribution is -0.130. The fraction of sp³-hybridized carbons (Fsp3) is 0.263. The minimum Gasteiger partial charge on any atom is -0.341 e. The van der Waals surface area contributed by atoms with Crippen molar-refractivity contribution in [1.82, 2.24) is 14.3 Å². The molecular weight excluding hydrogens is 300 g/mol. The fourth-order valence-electron chi connectivity index (χ4n) is 2.76. The minimum absolute atomic E-state index is 0.0692. The van der Waals surface area contributed by atoms with Crippen molar-refractivity contribution in [2.75, 3.05) is 19.6 Å². The molecule has 0 aliphatic carbocycles. The SMILES string of the molecule is NCCN(CCc1ccccc1)C(=O)Cc1cn2ccccc2n1. The van der Waals surface area contributed by atoms with E-state index >= 15 is 0 Å². The van der Waals surface area contributed by atoms with Gasteiger partial charge in [0.1, 0.15) is 5.65 Å². The third kappa shape index (κ3) is 4.00. The second-order valence-corrected chi connectivity index (χ2v) is 5.78. The van der Waals surface area contributed by atoms with Crippen molar-refractivity contribution in [2.45, 2.75) is 12.8 Å². The second kappa shape index (κ2) is 7.75. The van der Waals surface area contributed by atoms with Crippen molar-refractivity contribution in [1.29, 1.82) is 0 Å². The summed E-state index contributed by atoms with van der Waals surface area (Å²) < 4.78 is 1.93. The monoisotopic (exact) mass is 322 g/mol. The molecule has 0 saturated carbocycles. The zero-order chi connectivity index (χ0) is 16.8. The lowest BCUT2D eigenvalue weighted by Gasteiger charge is -2.21. The zero-order valence-corrected chi connectivity index (χ0v) is 13.6. The summed E-state index contributed by atoms with van der Waals surface area (Å²) in [6, 6.07) is 16.0. The second-order valence-electron chi connectivity index (χ2n) is 5.78. The van der Waals surface area contributed by atoms with Crippen LogP contribution in [0.2, 0.25) is 0 Å². The molecule has 5 nitrogen and oxygen atoms in total. The maximum atomic E-state index is 12.6. The summed E-state index contributed by atoms with van der Waals surface area (Å²) in [5, 5.41) is 0. The van der Waals surface area contributed by atoms with E-state index in [1.165, 1.54) is 5.56 Å². The van der Waals surface area contributed by atoms with Gasteiger partial charge >= 0.3 is 0 Å². The van der Waals surface area contributed by atoms with Crippen molar-refractivity contribution in [3.05, 3.63) is 72.2 Å². The average Bonchev–Trinajstić information content (AvgIpc) is 3.01. The normalized spacial score (nSPS) is 10.9. The average molecular weight is 322 g/mol. The van der Waals surface area contributed by atoms with E-state index in [0.717, 1.165) is 17.8 Å². The number of pyridine rings is 1. The minimum atomic E-state index is 0.0692. The van der Waals surface area contributed by atoms with Gasteiger partial charge in [-0.05, 0) is 24.1 Å². The van der Waals surface area contributed by atoms with Gasteiger partial charge in [0.15, 0.2) is 0 Å². The molecule has 3 rings (SSSR count). The summed E-state index contributed by atoms with van der Waals surface area (Å²) in [7, 11) is 0. The van der Waals surface area contributed by atoms with Crippen LogP contribution in [-0.4, -0.2) is 39.8 Å². The summed E-state index contributed by atoms with van der Waals surface area (Å²) in [6.45, 7) is 1.71. The molecular formula is C19H22N4O. The van der Waals surface area contributed by atoms with Crippen molar-refractivity contribution in [3.63, 3.8) is 0 Å². The van der Waals surface area contributed by atoms with Crippen molar-refractivity contribution < 1.29 is 4.79 Å². The lowest BCUT2D eigenvalue weighted by atomic mass is 10.1. The van der Waals surface area contributed by atoms with E-state index in [4.69, 9.17) is 5.73 Å². The number of benzene rings is 1. The predicted molar refractivity (Wildman–Crippen MR) is 94.7 cm³/mol. The molecule has 1 aromatic carbocycles. The Kier molecular flexibility index (Phi) is 5.23. The number of imidazole rings is 1. The first-order valence-electron chi connectivity index (χ1n) is 8.20. The van der Waals surface area contributed by atoms with Gasteiger partial charge in [0.2, 0.25) is 5.91 Å². The largest absolute Gasteiger partial charge is 0.341 e. The number of rotatable bonds is 7. The van der Waals surface area contributed by atoms with Crippen LogP contribution in [0.25, 0.3) is 5.65 Å². The first kappa shape index (κ1) is 16.2.